The first kappa shape index (κ1) is 16.5. The third-order valence-electron chi connectivity index (χ3n) is 3.45. The van der Waals surface area contributed by atoms with Gasteiger partial charge in [0.15, 0.2) is 6.61 Å². The predicted molar refractivity (Wildman–Crippen MR) is 88.5 cm³/mol. The molecule has 0 unspecified atom stereocenters. The summed E-state index contributed by atoms with van der Waals surface area (Å²) in [6, 6.07) is 1.90. The molecular weight excluding hydrogens is 298 g/mol. The highest BCUT2D eigenvalue weighted by Crippen LogP contribution is 2.19. The first-order valence-corrected chi connectivity index (χ1v) is 8.50. The fraction of sp³-hybridized carbons (Fsp3) is 0.412. The second-order valence-corrected chi connectivity index (χ2v) is 5.99. The minimum Gasteiger partial charge on any atom is -0.452 e. The van der Waals surface area contributed by atoms with Gasteiger partial charge in [-0.05, 0) is 60.6 Å². The van der Waals surface area contributed by atoms with Crippen LogP contribution in [0.2, 0.25) is 0 Å². The summed E-state index contributed by atoms with van der Waals surface area (Å²) < 4.78 is 4.90. The molecule has 1 aromatic heterocycles. The van der Waals surface area contributed by atoms with Gasteiger partial charge in [-0.3, -0.25) is 4.79 Å². The summed E-state index contributed by atoms with van der Waals surface area (Å²) in [6.45, 7) is 0.374. The fourth-order valence-electron chi connectivity index (χ4n) is 2.26. The molecule has 0 aliphatic heterocycles. The Hall–Kier alpha value is -1.88. The molecule has 0 saturated carbocycles. The van der Waals surface area contributed by atoms with E-state index in [2.05, 4.69) is 11.4 Å². The Balaban J connectivity index is 1.58. The maximum Gasteiger partial charge on any atom is 0.331 e. The number of hydrogen-bond acceptors (Lipinski definition) is 4. The van der Waals surface area contributed by atoms with Crippen LogP contribution in [0.4, 0.5) is 0 Å². The lowest BCUT2D eigenvalue weighted by Crippen LogP contribution is -2.29. The zero-order chi connectivity index (χ0) is 15.6. The van der Waals surface area contributed by atoms with Gasteiger partial charge in [-0.15, -0.1) is 0 Å². The number of thiophene rings is 1. The number of esters is 1. The average Bonchev–Trinajstić information content (AvgIpc) is 3.05. The number of allylic oxidation sites excluding steroid dienone is 1. The van der Waals surface area contributed by atoms with Gasteiger partial charge in [0.05, 0.1) is 0 Å². The van der Waals surface area contributed by atoms with E-state index < -0.39 is 5.97 Å². The Morgan fingerprint density at radius 2 is 2.27 bits per heavy atom. The molecule has 0 radical (unpaired) electrons. The molecule has 22 heavy (non-hydrogen) atoms. The van der Waals surface area contributed by atoms with Gasteiger partial charge in [0, 0.05) is 12.6 Å². The topological polar surface area (TPSA) is 55.4 Å². The molecule has 0 atom stereocenters. The Morgan fingerprint density at radius 3 is 3.00 bits per heavy atom. The molecule has 1 heterocycles. The van der Waals surface area contributed by atoms with E-state index in [1.807, 2.05) is 16.8 Å². The number of carbonyl (C=O) groups is 2. The first-order chi connectivity index (χ1) is 10.7. The van der Waals surface area contributed by atoms with Crippen molar-refractivity contribution in [3.8, 4) is 0 Å². The second-order valence-electron chi connectivity index (χ2n) is 5.21. The smallest absolute Gasteiger partial charge is 0.331 e. The maximum absolute atomic E-state index is 11.6. The van der Waals surface area contributed by atoms with Crippen LogP contribution in [0.5, 0.6) is 0 Å². The van der Waals surface area contributed by atoms with E-state index in [9.17, 15) is 9.59 Å². The molecular formula is C17H21NO3S. The standard InChI is InChI=1S/C17H21NO3S/c19-16(18-10-8-14-4-2-1-3-5-14)12-21-17(20)7-6-15-9-11-22-13-15/h4,6-7,9,11,13H,1-3,5,8,10,12H2,(H,18,19)/b7-6+. The van der Waals surface area contributed by atoms with Crippen molar-refractivity contribution < 1.29 is 14.3 Å². The number of carbonyl (C=O) groups excluding carboxylic acids is 2. The zero-order valence-electron chi connectivity index (χ0n) is 12.5. The lowest BCUT2D eigenvalue weighted by molar-refractivity contribution is -0.143. The Morgan fingerprint density at radius 1 is 1.36 bits per heavy atom. The Bertz CT molecular complexity index is 546. The van der Waals surface area contributed by atoms with Crippen molar-refractivity contribution in [2.24, 2.45) is 0 Å². The SMILES string of the molecule is O=C(COC(=O)/C=C/c1ccsc1)NCCC1=CCCCC1. The molecule has 1 aliphatic carbocycles. The van der Waals surface area contributed by atoms with Gasteiger partial charge >= 0.3 is 5.97 Å². The van der Waals surface area contributed by atoms with Crippen molar-refractivity contribution >= 4 is 29.3 Å². The fourth-order valence-corrected chi connectivity index (χ4v) is 2.89. The monoisotopic (exact) mass is 319 g/mol. The number of hydrogen-bond donors (Lipinski definition) is 1. The van der Waals surface area contributed by atoms with Gasteiger partial charge in [0.1, 0.15) is 0 Å². The van der Waals surface area contributed by atoms with E-state index in [1.165, 1.54) is 24.5 Å². The summed E-state index contributed by atoms with van der Waals surface area (Å²) in [7, 11) is 0. The van der Waals surface area contributed by atoms with Crippen LogP contribution in [0, 0.1) is 0 Å². The second kappa shape index (κ2) is 9.20. The summed E-state index contributed by atoms with van der Waals surface area (Å²) in [4.78, 5) is 23.1. The lowest BCUT2D eigenvalue weighted by atomic mass is 9.97. The van der Waals surface area contributed by atoms with E-state index in [-0.39, 0.29) is 12.5 Å². The lowest BCUT2D eigenvalue weighted by Gasteiger charge is -2.12. The predicted octanol–water partition coefficient (Wildman–Crippen LogP) is 3.31. The molecule has 2 rings (SSSR count). The molecule has 0 spiro atoms. The van der Waals surface area contributed by atoms with Gasteiger partial charge < -0.3 is 10.1 Å². The average molecular weight is 319 g/mol. The van der Waals surface area contributed by atoms with Crippen molar-refractivity contribution in [1.82, 2.24) is 5.32 Å². The van der Waals surface area contributed by atoms with E-state index in [0.717, 1.165) is 24.8 Å². The zero-order valence-corrected chi connectivity index (χ0v) is 13.4. The highest BCUT2D eigenvalue weighted by Gasteiger charge is 2.06. The molecule has 1 aliphatic rings. The van der Waals surface area contributed by atoms with Crippen LogP contribution in [0.3, 0.4) is 0 Å². The first-order valence-electron chi connectivity index (χ1n) is 7.55. The molecule has 1 N–H and O–H groups in total. The largest absolute Gasteiger partial charge is 0.452 e. The number of nitrogens with one attached hydrogen (secondary N) is 1. The number of rotatable bonds is 7. The molecule has 1 amide bonds. The summed E-state index contributed by atoms with van der Waals surface area (Å²) in [5.41, 5.74) is 2.37. The van der Waals surface area contributed by atoms with Crippen molar-refractivity contribution in [3.63, 3.8) is 0 Å². The summed E-state index contributed by atoms with van der Waals surface area (Å²) >= 11 is 1.56. The van der Waals surface area contributed by atoms with Gasteiger partial charge in [-0.1, -0.05) is 11.6 Å². The maximum atomic E-state index is 11.6. The highest BCUT2D eigenvalue weighted by atomic mass is 32.1. The van der Waals surface area contributed by atoms with Gasteiger partial charge in [0.25, 0.3) is 5.91 Å². The van der Waals surface area contributed by atoms with Crippen LogP contribution in [-0.4, -0.2) is 25.0 Å². The highest BCUT2D eigenvalue weighted by molar-refractivity contribution is 7.08. The van der Waals surface area contributed by atoms with Crippen LogP contribution < -0.4 is 5.32 Å². The Kier molecular flexibility index (Phi) is 6.90. The van der Waals surface area contributed by atoms with Gasteiger partial charge in [-0.25, -0.2) is 4.79 Å². The summed E-state index contributed by atoms with van der Waals surface area (Å²) in [5, 5.41) is 6.63. The molecule has 0 bridgehead atoms. The third kappa shape index (κ3) is 6.26. The third-order valence-corrected chi connectivity index (χ3v) is 4.16. The van der Waals surface area contributed by atoms with Crippen molar-refractivity contribution in [3.05, 3.63) is 40.1 Å². The van der Waals surface area contributed by atoms with Crippen LogP contribution in [-0.2, 0) is 14.3 Å². The number of amides is 1. The molecule has 118 valence electrons. The summed E-state index contributed by atoms with van der Waals surface area (Å²) in [6.07, 6.45) is 11.0. The van der Waals surface area contributed by atoms with Gasteiger partial charge in [-0.2, -0.15) is 11.3 Å². The molecule has 5 heteroatoms. The van der Waals surface area contributed by atoms with E-state index in [0.29, 0.717) is 6.54 Å². The number of ether oxygens (including phenoxy) is 1. The van der Waals surface area contributed by atoms with E-state index >= 15 is 0 Å². The van der Waals surface area contributed by atoms with Gasteiger partial charge in [0.2, 0.25) is 0 Å². The molecule has 0 fully saturated rings. The molecule has 0 saturated heterocycles. The molecule has 4 nitrogen and oxygen atoms in total. The Labute approximate surface area is 134 Å². The minimum absolute atomic E-state index is 0.230. The van der Waals surface area contributed by atoms with Crippen molar-refractivity contribution in [2.75, 3.05) is 13.2 Å². The van der Waals surface area contributed by atoms with Crippen molar-refractivity contribution in [2.45, 2.75) is 32.1 Å². The normalized spacial score (nSPS) is 14.6. The van der Waals surface area contributed by atoms with Crippen LogP contribution in [0.15, 0.2) is 34.6 Å². The molecule has 1 aromatic rings. The molecule has 0 aromatic carbocycles. The van der Waals surface area contributed by atoms with Crippen LogP contribution >= 0.6 is 11.3 Å². The quantitative estimate of drug-likeness (QED) is 0.476. The van der Waals surface area contributed by atoms with Crippen LogP contribution in [0.1, 0.15) is 37.7 Å². The minimum atomic E-state index is -0.503. The van der Waals surface area contributed by atoms with E-state index in [4.69, 9.17) is 4.74 Å². The van der Waals surface area contributed by atoms with E-state index in [1.54, 1.807) is 17.4 Å². The summed E-state index contributed by atoms with van der Waals surface area (Å²) in [5.74, 6) is -0.759. The van der Waals surface area contributed by atoms with Crippen LogP contribution in [0.25, 0.3) is 6.08 Å². The van der Waals surface area contributed by atoms with Crippen molar-refractivity contribution in [1.29, 1.82) is 0 Å².